The molecule has 0 saturated carbocycles. The van der Waals surface area contributed by atoms with Crippen molar-refractivity contribution >= 4 is 38.4 Å². The molecule has 3 heterocycles. The predicted molar refractivity (Wildman–Crippen MR) is 100 cm³/mol. The van der Waals surface area contributed by atoms with Crippen molar-refractivity contribution in [2.75, 3.05) is 5.32 Å². The molecule has 1 aromatic carbocycles. The Labute approximate surface area is 147 Å². The highest BCUT2D eigenvalue weighted by atomic mass is 32.1. The fourth-order valence-corrected chi connectivity index (χ4v) is 4.83. The summed E-state index contributed by atoms with van der Waals surface area (Å²) in [4.78, 5) is 28.5. The first-order valence-electron chi connectivity index (χ1n) is 8.48. The molecule has 0 amide bonds. The molecule has 1 aliphatic rings. The van der Waals surface area contributed by atoms with E-state index in [0.29, 0.717) is 6.54 Å². The molecule has 0 spiro atoms. The number of H-pyrrole nitrogens is 2. The van der Waals surface area contributed by atoms with Crippen molar-refractivity contribution < 1.29 is 0 Å². The first kappa shape index (κ1) is 14.7. The van der Waals surface area contributed by atoms with E-state index in [2.05, 4.69) is 25.3 Å². The Bertz CT molecular complexity index is 1140. The second kappa shape index (κ2) is 5.70. The highest BCUT2D eigenvalue weighted by Gasteiger charge is 2.19. The third-order valence-electron chi connectivity index (χ3n) is 4.79. The molecule has 0 radical (unpaired) electrons. The van der Waals surface area contributed by atoms with Crippen molar-refractivity contribution in [1.29, 1.82) is 0 Å². The van der Waals surface area contributed by atoms with Gasteiger partial charge in [0.15, 0.2) is 0 Å². The molecule has 126 valence electrons. The lowest BCUT2D eigenvalue weighted by molar-refractivity contribution is 0.700. The number of thiophene rings is 1. The van der Waals surface area contributed by atoms with Crippen molar-refractivity contribution in [3.63, 3.8) is 0 Å². The lowest BCUT2D eigenvalue weighted by atomic mass is 9.97. The molecule has 5 rings (SSSR count). The van der Waals surface area contributed by atoms with Crippen LogP contribution in [0.25, 0.3) is 21.3 Å². The fourth-order valence-electron chi connectivity index (χ4n) is 3.60. The summed E-state index contributed by atoms with van der Waals surface area (Å²) < 4.78 is 0. The molecule has 0 unspecified atom stereocenters. The molecule has 0 fully saturated rings. The normalized spacial score (nSPS) is 14.1. The van der Waals surface area contributed by atoms with Gasteiger partial charge in [-0.1, -0.05) is 6.07 Å². The molecule has 0 saturated heterocycles. The van der Waals surface area contributed by atoms with E-state index in [1.165, 1.54) is 28.7 Å². The van der Waals surface area contributed by atoms with Crippen LogP contribution in [0.2, 0.25) is 0 Å². The van der Waals surface area contributed by atoms with E-state index in [0.717, 1.165) is 40.1 Å². The quantitative estimate of drug-likeness (QED) is 0.528. The van der Waals surface area contributed by atoms with Crippen LogP contribution in [0, 0.1) is 0 Å². The summed E-state index contributed by atoms with van der Waals surface area (Å²) in [5.41, 5.74) is 4.00. The Kier molecular flexibility index (Phi) is 3.34. The van der Waals surface area contributed by atoms with E-state index in [1.54, 1.807) is 17.7 Å². The molecule has 0 bridgehead atoms. The van der Waals surface area contributed by atoms with Crippen molar-refractivity contribution in [2.45, 2.75) is 32.2 Å². The number of rotatable bonds is 3. The maximum atomic E-state index is 11.4. The van der Waals surface area contributed by atoms with Crippen LogP contribution in [0.1, 0.15) is 28.8 Å². The smallest absolute Gasteiger partial charge is 0.323 e. The fraction of sp³-hybridized carbons (Fsp3) is 0.278. The monoisotopic (exact) mass is 351 g/mol. The second-order valence-corrected chi connectivity index (χ2v) is 7.51. The second-order valence-electron chi connectivity index (χ2n) is 6.43. The first-order chi connectivity index (χ1) is 12.3. The predicted octanol–water partition coefficient (Wildman–Crippen LogP) is 3.35. The number of fused-ring (bicyclic) bond motifs is 4. The van der Waals surface area contributed by atoms with E-state index in [-0.39, 0.29) is 5.69 Å². The highest BCUT2D eigenvalue weighted by molar-refractivity contribution is 7.19. The number of benzene rings is 1. The average molecular weight is 351 g/mol. The number of aromatic nitrogens is 4. The number of hydrogen-bond donors (Lipinski definition) is 3. The van der Waals surface area contributed by atoms with Gasteiger partial charge in [-0.2, -0.15) is 0 Å². The third kappa shape index (κ3) is 2.51. The number of nitrogens with zero attached hydrogens (tertiary/aromatic N) is 2. The first-order valence-corrected chi connectivity index (χ1v) is 9.29. The number of aryl methyl sites for hydroxylation is 2. The zero-order valence-electron chi connectivity index (χ0n) is 13.6. The van der Waals surface area contributed by atoms with Crippen molar-refractivity contribution in [3.05, 3.63) is 51.0 Å². The molecule has 0 aliphatic heterocycles. The summed E-state index contributed by atoms with van der Waals surface area (Å²) >= 11 is 1.81. The van der Waals surface area contributed by atoms with Gasteiger partial charge in [0.05, 0.1) is 16.4 Å². The number of nitrogens with one attached hydrogen (secondary N) is 3. The highest BCUT2D eigenvalue weighted by Crippen LogP contribution is 2.38. The van der Waals surface area contributed by atoms with Gasteiger partial charge in [0.1, 0.15) is 17.0 Å². The van der Waals surface area contributed by atoms with Gasteiger partial charge in [0.25, 0.3) is 0 Å². The van der Waals surface area contributed by atoms with Crippen LogP contribution in [0.3, 0.4) is 0 Å². The van der Waals surface area contributed by atoms with Crippen molar-refractivity contribution in [3.8, 4) is 0 Å². The van der Waals surface area contributed by atoms with Gasteiger partial charge < -0.3 is 15.3 Å². The summed E-state index contributed by atoms with van der Waals surface area (Å²) in [6.07, 6.45) is 6.43. The van der Waals surface area contributed by atoms with Gasteiger partial charge in [0.2, 0.25) is 0 Å². The van der Waals surface area contributed by atoms with E-state index < -0.39 is 0 Å². The van der Waals surface area contributed by atoms with Crippen molar-refractivity contribution in [2.24, 2.45) is 0 Å². The summed E-state index contributed by atoms with van der Waals surface area (Å²) in [7, 11) is 0. The molecular formula is C18H17N5OS. The molecule has 3 aromatic heterocycles. The zero-order valence-corrected chi connectivity index (χ0v) is 14.4. The summed E-state index contributed by atoms with van der Waals surface area (Å²) in [6, 6.07) is 5.93. The number of hydrogen-bond acceptors (Lipinski definition) is 5. The Morgan fingerprint density at radius 2 is 2.00 bits per heavy atom. The van der Waals surface area contributed by atoms with Crippen LogP contribution in [-0.4, -0.2) is 19.9 Å². The summed E-state index contributed by atoms with van der Waals surface area (Å²) in [6.45, 7) is 0.653. The molecule has 7 heteroatoms. The van der Waals surface area contributed by atoms with Gasteiger partial charge in [-0.3, -0.25) is 0 Å². The van der Waals surface area contributed by atoms with Crippen LogP contribution >= 0.6 is 11.3 Å². The van der Waals surface area contributed by atoms with Crippen LogP contribution in [0.4, 0.5) is 5.82 Å². The van der Waals surface area contributed by atoms with Crippen LogP contribution in [-0.2, 0) is 19.4 Å². The van der Waals surface area contributed by atoms with Gasteiger partial charge >= 0.3 is 5.69 Å². The lowest BCUT2D eigenvalue weighted by Gasteiger charge is -2.12. The van der Waals surface area contributed by atoms with Gasteiger partial charge in [-0.05, 0) is 48.9 Å². The van der Waals surface area contributed by atoms with Crippen LogP contribution < -0.4 is 11.0 Å². The zero-order chi connectivity index (χ0) is 16.8. The molecule has 0 atom stereocenters. The molecule has 6 nitrogen and oxygen atoms in total. The van der Waals surface area contributed by atoms with Crippen LogP contribution in [0.5, 0.6) is 0 Å². The van der Waals surface area contributed by atoms with E-state index in [1.807, 2.05) is 18.2 Å². The number of aromatic amines is 2. The van der Waals surface area contributed by atoms with Gasteiger partial charge in [0, 0.05) is 11.4 Å². The molecule has 3 N–H and O–H groups in total. The standard InChI is InChI=1S/C18H17N5OS/c24-18-22-12-6-5-10(7-13(12)23-18)8-19-16-15-11-3-1-2-4-14(11)25-17(15)21-9-20-16/h5-7,9H,1-4,8H2,(H,19,20,21)(H2,22,23,24). The summed E-state index contributed by atoms with van der Waals surface area (Å²) in [5.74, 6) is 0.909. The molecule has 25 heavy (non-hydrogen) atoms. The minimum Gasteiger partial charge on any atom is -0.365 e. The van der Waals surface area contributed by atoms with Crippen LogP contribution in [0.15, 0.2) is 29.3 Å². The van der Waals surface area contributed by atoms with E-state index in [4.69, 9.17) is 0 Å². The molecule has 1 aliphatic carbocycles. The SMILES string of the molecule is O=c1[nH]c2ccc(CNc3ncnc4sc5c(c34)CCCC5)cc2[nH]1. The van der Waals surface area contributed by atoms with E-state index in [9.17, 15) is 4.79 Å². The molecule has 4 aromatic rings. The minimum absolute atomic E-state index is 0.178. The lowest BCUT2D eigenvalue weighted by Crippen LogP contribution is -2.04. The largest absolute Gasteiger partial charge is 0.365 e. The average Bonchev–Trinajstić information content (AvgIpc) is 3.18. The Hall–Kier alpha value is -2.67. The van der Waals surface area contributed by atoms with E-state index >= 15 is 0 Å². The number of anilines is 1. The van der Waals surface area contributed by atoms with Gasteiger partial charge in [-0.15, -0.1) is 11.3 Å². The third-order valence-corrected chi connectivity index (χ3v) is 5.99. The Balaban J connectivity index is 1.48. The Morgan fingerprint density at radius 3 is 2.96 bits per heavy atom. The maximum absolute atomic E-state index is 11.4. The Morgan fingerprint density at radius 1 is 1.12 bits per heavy atom. The minimum atomic E-state index is -0.178. The maximum Gasteiger partial charge on any atom is 0.323 e. The van der Waals surface area contributed by atoms with Crippen molar-refractivity contribution in [1.82, 2.24) is 19.9 Å². The van der Waals surface area contributed by atoms with Gasteiger partial charge in [-0.25, -0.2) is 14.8 Å². The molecular weight excluding hydrogens is 334 g/mol. The summed E-state index contributed by atoms with van der Waals surface area (Å²) in [5, 5.41) is 4.66. The topological polar surface area (TPSA) is 86.5 Å². The number of imidazole rings is 1.